The average molecular weight is 315 g/mol. The first-order chi connectivity index (χ1) is 10.5. The summed E-state index contributed by atoms with van der Waals surface area (Å²) in [5.74, 6) is 0.0640. The highest BCUT2D eigenvalue weighted by atomic mass is 32.2. The second-order valence-electron chi connectivity index (χ2n) is 4.91. The van der Waals surface area contributed by atoms with Crippen LogP contribution in [0.1, 0.15) is 21.5 Å². The zero-order valence-corrected chi connectivity index (χ0v) is 13.0. The van der Waals surface area contributed by atoms with E-state index in [0.717, 1.165) is 5.75 Å². The van der Waals surface area contributed by atoms with E-state index in [1.54, 1.807) is 23.9 Å². The quantitative estimate of drug-likeness (QED) is 0.855. The van der Waals surface area contributed by atoms with Crippen molar-refractivity contribution in [1.82, 2.24) is 0 Å². The fourth-order valence-corrected chi connectivity index (χ4v) is 2.73. The normalized spacial score (nSPS) is 10.2. The second kappa shape index (κ2) is 7.66. The van der Waals surface area contributed by atoms with Gasteiger partial charge in [0.15, 0.2) is 0 Å². The molecule has 0 saturated carbocycles. The van der Waals surface area contributed by atoms with Gasteiger partial charge in [-0.3, -0.25) is 4.79 Å². The highest BCUT2D eigenvalue weighted by Crippen LogP contribution is 2.15. The first-order valence-electron chi connectivity index (χ1n) is 6.81. The van der Waals surface area contributed by atoms with Crippen molar-refractivity contribution < 1.29 is 14.7 Å². The highest BCUT2D eigenvalue weighted by molar-refractivity contribution is 7.99. The van der Waals surface area contributed by atoms with E-state index < -0.39 is 5.97 Å². The van der Waals surface area contributed by atoms with Crippen LogP contribution in [0, 0.1) is 6.92 Å². The van der Waals surface area contributed by atoms with Crippen molar-refractivity contribution in [2.45, 2.75) is 12.7 Å². The number of carboxylic acid groups (broad SMARTS) is 1. The Morgan fingerprint density at radius 3 is 2.50 bits per heavy atom. The SMILES string of the molecule is Cc1cccc(CSCC(=O)Nc2ccc(C(=O)O)cc2)c1. The maximum absolute atomic E-state index is 11.8. The number of benzene rings is 2. The maximum Gasteiger partial charge on any atom is 0.335 e. The lowest BCUT2D eigenvalue weighted by Crippen LogP contribution is -2.14. The Morgan fingerprint density at radius 1 is 1.14 bits per heavy atom. The minimum atomic E-state index is -0.980. The molecule has 0 atom stereocenters. The van der Waals surface area contributed by atoms with E-state index in [2.05, 4.69) is 11.4 Å². The lowest BCUT2D eigenvalue weighted by atomic mass is 10.2. The summed E-state index contributed by atoms with van der Waals surface area (Å²) in [5, 5.41) is 11.6. The molecule has 2 rings (SSSR count). The molecule has 4 nitrogen and oxygen atoms in total. The van der Waals surface area contributed by atoms with Crippen LogP contribution in [0.25, 0.3) is 0 Å². The van der Waals surface area contributed by atoms with Crippen LogP contribution in [0.2, 0.25) is 0 Å². The predicted octanol–water partition coefficient (Wildman–Crippen LogP) is 3.57. The number of amides is 1. The molecule has 1 amide bonds. The van der Waals surface area contributed by atoms with Crippen LogP contribution in [0.3, 0.4) is 0 Å². The molecule has 2 N–H and O–H groups in total. The summed E-state index contributed by atoms with van der Waals surface area (Å²) < 4.78 is 0. The van der Waals surface area contributed by atoms with Gasteiger partial charge in [-0.25, -0.2) is 4.79 Å². The van der Waals surface area contributed by atoms with Crippen molar-refractivity contribution in [2.24, 2.45) is 0 Å². The van der Waals surface area contributed by atoms with Crippen LogP contribution in [0.5, 0.6) is 0 Å². The summed E-state index contributed by atoms with van der Waals surface area (Å²) in [6.45, 7) is 2.04. The third kappa shape index (κ3) is 4.93. The molecule has 0 heterocycles. The molecule has 0 spiro atoms. The van der Waals surface area contributed by atoms with Crippen LogP contribution in [-0.2, 0) is 10.5 Å². The summed E-state index contributed by atoms with van der Waals surface area (Å²) in [7, 11) is 0. The van der Waals surface area contributed by atoms with Gasteiger partial charge in [-0.1, -0.05) is 29.8 Å². The van der Waals surface area contributed by atoms with Gasteiger partial charge in [-0.2, -0.15) is 0 Å². The Kier molecular flexibility index (Phi) is 5.61. The summed E-state index contributed by atoms with van der Waals surface area (Å²) >= 11 is 1.54. The van der Waals surface area contributed by atoms with Gasteiger partial charge in [0.2, 0.25) is 5.91 Å². The van der Waals surface area contributed by atoms with Gasteiger partial charge in [-0.15, -0.1) is 11.8 Å². The zero-order valence-electron chi connectivity index (χ0n) is 12.2. The minimum Gasteiger partial charge on any atom is -0.478 e. The summed E-state index contributed by atoms with van der Waals surface area (Å²) in [6, 6.07) is 14.3. The van der Waals surface area contributed by atoms with Crippen molar-refractivity contribution in [3.63, 3.8) is 0 Å². The van der Waals surface area contributed by atoms with Crippen molar-refractivity contribution in [1.29, 1.82) is 0 Å². The molecule has 2 aromatic rings. The largest absolute Gasteiger partial charge is 0.478 e. The highest BCUT2D eigenvalue weighted by Gasteiger charge is 2.05. The van der Waals surface area contributed by atoms with Crippen molar-refractivity contribution in [2.75, 3.05) is 11.1 Å². The molecule has 0 radical (unpaired) electrons. The number of thioether (sulfide) groups is 1. The van der Waals surface area contributed by atoms with Gasteiger partial charge >= 0.3 is 5.97 Å². The molecule has 0 unspecified atom stereocenters. The van der Waals surface area contributed by atoms with E-state index in [1.165, 1.54) is 23.3 Å². The minimum absolute atomic E-state index is 0.0965. The van der Waals surface area contributed by atoms with Crippen LogP contribution in [0.4, 0.5) is 5.69 Å². The van der Waals surface area contributed by atoms with Crippen LogP contribution >= 0.6 is 11.8 Å². The van der Waals surface area contributed by atoms with Crippen LogP contribution in [0.15, 0.2) is 48.5 Å². The third-order valence-electron chi connectivity index (χ3n) is 3.00. The van der Waals surface area contributed by atoms with Crippen LogP contribution in [-0.4, -0.2) is 22.7 Å². The van der Waals surface area contributed by atoms with E-state index in [1.807, 2.05) is 25.1 Å². The Balaban J connectivity index is 1.79. The topological polar surface area (TPSA) is 66.4 Å². The third-order valence-corrected chi connectivity index (χ3v) is 4.00. The molecule has 0 aliphatic rings. The van der Waals surface area contributed by atoms with Crippen molar-refractivity contribution in [3.8, 4) is 0 Å². The van der Waals surface area contributed by atoms with Gasteiger partial charge < -0.3 is 10.4 Å². The first kappa shape index (κ1) is 16.1. The monoisotopic (exact) mass is 315 g/mol. The molecule has 0 aliphatic carbocycles. The summed E-state index contributed by atoms with van der Waals surface area (Å²) in [6.07, 6.45) is 0. The number of hydrogen-bond acceptors (Lipinski definition) is 3. The van der Waals surface area contributed by atoms with Gasteiger partial charge in [0.1, 0.15) is 0 Å². The summed E-state index contributed by atoms with van der Waals surface area (Å²) in [4.78, 5) is 22.6. The lowest BCUT2D eigenvalue weighted by molar-refractivity contribution is -0.113. The average Bonchev–Trinajstić information content (AvgIpc) is 2.48. The standard InChI is InChI=1S/C17H17NO3S/c1-12-3-2-4-13(9-12)10-22-11-16(19)18-15-7-5-14(6-8-15)17(20)21/h2-9H,10-11H2,1H3,(H,18,19)(H,20,21). The zero-order chi connectivity index (χ0) is 15.9. The molecule has 0 bridgehead atoms. The second-order valence-corrected chi connectivity index (χ2v) is 5.90. The first-order valence-corrected chi connectivity index (χ1v) is 7.96. The molecule has 0 aromatic heterocycles. The van der Waals surface area contributed by atoms with E-state index in [0.29, 0.717) is 11.4 Å². The number of nitrogens with one attached hydrogen (secondary N) is 1. The molecule has 0 aliphatic heterocycles. The molecule has 114 valence electrons. The Morgan fingerprint density at radius 2 is 1.86 bits per heavy atom. The molecular weight excluding hydrogens is 298 g/mol. The number of aryl methyl sites for hydroxylation is 1. The van der Waals surface area contributed by atoms with Gasteiger partial charge in [-0.05, 0) is 36.8 Å². The van der Waals surface area contributed by atoms with Gasteiger partial charge in [0.05, 0.1) is 11.3 Å². The Labute approximate surface area is 133 Å². The predicted molar refractivity (Wildman–Crippen MR) is 89.4 cm³/mol. The number of carbonyl (C=O) groups excluding carboxylic acids is 1. The molecule has 0 saturated heterocycles. The number of rotatable bonds is 6. The number of hydrogen-bond donors (Lipinski definition) is 2. The number of anilines is 1. The van der Waals surface area contributed by atoms with Gasteiger partial charge in [0.25, 0.3) is 0 Å². The Hall–Kier alpha value is -2.27. The molecule has 0 fully saturated rings. The maximum atomic E-state index is 11.8. The molecular formula is C17H17NO3S. The number of aromatic carboxylic acids is 1. The number of carbonyl (C=O) groups is 2. The lowest BCUT2D eigenvalue weighted by Gasteiger charge is -2.06. The van der Waals surface area contributed by atoms with Crippen molar-refractivity contribution >= 4 is 29.3 Å². The van der Waals surface area contributed by atoms with E-state index in [9.17, 15) is 9.59 Å². The molecule has 2 aromatic carbocycles. The summed E-state index contributed by atoms with van der Waals surface area (Å²) in [5.41, 5.74) is 3.21. The molecule has 22 heavy (non-hydrogen) atoms. The Bertz CT molecular complexity index is 668. The van der Waals surface area contributed by atoms with Gasteiger partial charge in [0, 0.05) is 11.4 Å². The van der Waals surface area contributed by atoms with Crippen molar-refractivity contribution in [3.05, 3.63) is 65.2 Å². The smallest absolute Gasteiger partial charge is 0.335 e. The van der Waals surface area contributed by atoms with E-state index in [-0.39, 0.29) is 11.5 Å². The fraction of sp³-hybridized carbons (Fsp3) is 0.176. The van der Waals surface area contributed by atoms with E-state index in [4.69, 9.17) is 5.11 Å². The van der Waals surface area contributed by atoms with Crippen LogP contribution < -0.4 is 5.32 Å². The molecule has 5 heteroatoms. The number of carboxylic acids is 1. The van der Waals surface area contributed by atoms with E-state index >= 15 is 0 Å². The fourth-order valence-electron chi connectivity index (χ4n) is 1.96.